The number of imide groups is 2. The molecule has 4 amide bonds. The quantitative estimate of drug-likeness (QED) is 0.604. The third-order valence-corrected chi connectivity index (χ3v) is 6.23. The Kier molecular flexibility index (Phi) is 4.57. The number of ether oxygens (including phenoxy) is 2. The van der Waals surface area contributed by atoms with Gasteiger partial charge >= 0.3 is 6.03 Å². The fourth-order valence-corrected chi connectivity index (χ4v) is 4.74. The van der Waals surface area contributed by atoms with Crippen LogP contribution in [0, 0.1) is 13.8 Å². The minimum absolute atomic E-state index is 0.0797. The maximum absolute atomic E-state index is 13.2. The summed E-state index contributed by atoms with van der Waals surface area (Å²) in [5.74, 6) is -0.378. The first-order valence-electron chi connectivity index (χ1n) is 10.4. The van der Waals surface area contributed by atoms with E-state index in [1.54, 1.807) is 24.3 Å². The monoisotopic (exact) mass is 421 g/mol. The van der Waals surface area contributed by atoms with Gasteiger partial charge in [-0.25, -0.2) is 9.69 Å². The Bertz CT molecular complexity index is 1140. The van der Waals surface area contributed by atoms with Crippen molar-refractivity contribution < 1.29 is 23.9 Å². The van der Waals surface area contributed by atoms with E-state index in [1.807, 2.05) is 19.9 Å². The molecular formula is C23H23N3O5. The van der Waals surface area contributed by atoms with Crippen LogP contribution in [0.4, 0.5) is 10.5 Å². The van der Waals surface area contributed by atoms with Crippen LogP contribution in [-0.4, -0.2) is 29.2 Å². The lowest BCUT2D eigenvalue weighted by molar-refractivity contribution is -0.122. The second-order valence-electron chi connectivity index (χ2n) is 8.13. The predicted octanol–water partition coefficient (Wildman–Crippen LogP) is 3.62. The number of nitrogens with one attached hydrogen (secondary N) is 1. The molecule has 8 heteroatoms. The molecule has 1 aromatic heterocycles. The molecule has 0 spiro atoms. The number of aryl methyl sites for hydroxylation is 1. The van der Waals surface area contributed by atoms with Gasteiger partial charge in [-0.2, -0.15) is 0 Å². The summed E-state index contributed by atoms with van der Waals surface area (Å²) in [4.78, 5) is 39.2. The Hall–Kier alpha value is -3.55. The van der Waals surface area contributed by atoms with Gasteiger partial charge in [-0.15, -0.1) is 0 Å². The SMILES string of the molecule is Cc1cc(/C=C2\C(=O)NC(=O)N(c3ccc4c(c3)OCO4)C2=O)c(C)n1C1CCCC1. The number of hydrogen-bond acceptors (Lipinski definition) is 5. The van der Waals surface area contributed by atoms with Gasteiger partial charge in [0.2, 0.25) is 6.79 Å². The lowest BCUT2D eigenvalue weighted by Gasteiger charge is -2.26. The summed E-state index contributed by atoms with van der Waals surface area (Å²) in [7, 11) is 0. The van der Waals surface area contributed by atoms with Crippen molar-refractivity contribution in [2.24, 2.45) is 0 Å². The second kappa shape index (κ2) is 7.30. The molecular weight excluding hydrogens is 398 g/mol. The molecule has 160 valence electrons. The van der Waals surface area contributed by atoms with Crippen LogP contribution in [-0.2, 0) is 9.59 Å². The van der Waals surface area contributed by atoms with E-state index in [1.165, 1.54) is 12.8 Å². The number of amides is 4. The number of hydrogen-bond donors (Lipinski definition) is 1. The van der Waals surface area contributed by atoms with Crippen LogP contribution < -0.4 is 19.7 Å². The maximum atomic E-state index is 13.2. The molecule has 1 saturated carbocycles. The number of carbonyl (C=O) groups is 3. The Morgan fingerprint density at radius 2 is 1.77 bits per heavy atom. The number of aromatic nitrogens is 1. The highest BCUT2D eigenvalue weighted by Crippen LogP contribution is 2.37. The Morgan fingerprint density at radius 3 is 2.55 bits per heavy atom. The van der Waals surface area contributed by atoms with Crippen molar-refractivity contribution in [3.8, 4) is 11.5 Å². The van der Waals surface area contributed by atoms with Crippen molar-refractivity contribution in [2.75, 3.05) is 11.7 Å². The van der Waals surface area contributed by atoms with Crippen molar-refractivity contribution in [1.29, 1.82) is 0 Å². The molecule has 0 bridgehead atoms. The molecule has 5 rings (SSSR count). The Morgan fingerprint density at radius 1 is 1.03 bits per heavy atom. The molecule has 31 heavy (non-hydrogen) atoms. The lowest BCUT2D eigenvalue weighted by atomic mass is 10.1. The van der Waals surface area contributed by atoms with Gasteiger partial charge in [0.15, 0.2) is 11.5 Å². The minimum Gasteiger partial charge on any atom is -0.454 e. The van der Waals surface area contributed by atoms with Gasteiger partial charge in [-0.05, 0) is 56.5 Å². The molecule has 2 aromatic rings. The van der Waals surface area contributed by atoms with E-state index in [0.29, 0.717) is 23.2 Å². The first-order chi connectivity index (χ1) is 14.9. The highest BCUT2D eigenvalue weighted by Gasteiger charge is 2.37. The van der Waals surface area contributed by atoms with Crippen molar-refractivity contribution in [2.45, 2.75) is 45.6 Å². The maximum Gasteiger partial charge on any atom is 0.335 e. The first kappa shape index (κ1) is 19.4. The number of barbiturate groups is 1. The normalized spacial score (nSPS) is 20.1. The van der Waals surface area contributed by atoms with E-state index in [-0.39, 0.29) is 12.4 Å². The van der Waals surface area contributed by atoms with Crippen molar-refractivity contribution >= 4 is 29.6 Å². The van der Waals surface area contributed by atoms with Crippen LogP contribution in [0.2, 0.25) is 0 Å². The van der Waals surface area contributed by atoms with Crippen molar-refractivity contribution in [3.05, 3.63) is 46.8 Å². The smallest absolute Gasteiger partial charge is 0.335 e. The number of rotatable bonds is 3. The average molecular weight is 421 g/mol. The molecule has 3 heterocycles. The van der Waals surface area contributed by atoms with Crippen LogP contribution in [0.25, 0.3) is 6.08 Å². The number of urea groups is 1. The van der Waals surface area contributed by atoms with Gasteiger partial charge in [0, 0.05) is 23.5 Å². The lowest BCUT2D eigenvalue weighted by Crippen LogP contribution is -2.54. The minimum atomic E-state index is -0.789. The zero-order valence-electron chi connectivity index (χ0n) is 17.4. The molecule has 0 atom stereocenters. The predicted molar refractivity (Wildman–Crippen MR) is 113 cm³/mol. The van der Waals surface area contributed by atoms with E-state index < -0.39 is 17.8 Å². The van der Waals surface area contributed by atoms with Crippen LogP contribution in [0.1, 0.15) is 48.7 Å². The van der Waals surface area contributed by atoms with E-state index in [4.69, 9.17) is 9.47 Å². The van der Waals surface area contributed by atoms with E-state index >= 15 is 0 Å². The molecule has 1 aliphatic carbocycles. The Balaban J connectivity index is 1.51. The highest BCUT2D eigenvalue weighted by molar-refractivity contribution is 6.39. The topological polar surface area (TPSA) is 89.9 Å². The molecule has 1 N–H and O–H groups in total. The number of fused-ring (bicyclic) bond motifs is 1. The second-order valence-corrected chi connectivity index (χ2v) is 8.13. The van der Waals surface area contributed by atoms with Crippen LogP contribution >= 0.6 is 0 Å². The van der Waals surface area contributed by atoms with Crippen LogP contribution in [0.15, 0.2) is 29.8 Å². The molecule has 1 saturated heterocycles. The standard InChI is InChI=1S/C23H23N3O5/c1-13-9-15(14(2)25(13)16-5-3-4-6-16)10-18-21(27)24-23(29)26(22(18)28)17-7-8-19-20(11-17)31-12-30-19/h7-11,16H,3-6,12H2,1-2H3,(H,24,27,29)/b18-10+. The third-order valence-electron chi connectivity index (χ3n) is 6.23. The third kappa shape index (κ3) is 3.19. The largest absolute Gasteiger partial charge is 0.454 e. The molecule has 0 radical (unpaired) electrons. The van der Waals surface area contributed by atoms with Crippen LogP contribution in [0.5, 0.6) is 11.5 Å². The van der Waals surface area contributed by atoms with Gasteiger partial charge < -0.3 is 14.0 Å². The molecule has 8 nitrogen and oxygen atoms in total. The van der Waals surface area contributed by atoms with Gasteiger partial charge in [0.05, 0.1) is 5.69 Å². The highest BCUT2D eigenvalue weighted by atomic mass is 16.7. The zero-order valence-corrected chi connectivity index (χ0v) is 17.4. The summed E-state index contributed by atoms with van der Waals surface area (Å²) in [6.45, 7) is 4.13. The van der Waals surface area contributed by atoms with Crippen molar-refractivity contribution in [3.63, 3.8) is 0 Å². The van der Waals surface area contributed by atoms with E-state index in [0.717, 1.165) is 34.7 Å². The van der Waals surface area contributed by atoms with Gasteiger partial charge in [0.25, 0.3) is 11.8 Å². The van der Waals surface area contributed by atoms with Crippen molar-refractivity contribution in [1.82, 2.24) is 9.88 Å². The zero-order chi connectivity index (χ0) is 21.7. The summed E-state index contributed by atoms with van der Waals surface area (Å²) >= 11 is 0. The fourth-order valence-electron chi connectivity index (χ4n) is 4.74. The Labute approximate surface area is 179 Å². The summed E-state index contributed by atoms with van der Waals surface area (Å²) in [5, 5.41) is 2.27. The number of carbonyl (C=O) groups excluding carboxylic acids is 3. The van der Waals surface area contributed by atoms with Gasteiger partial charge in [-0.3, -0.25) is 14.9 Å². The summed E-state index contributed by atoms with van der Waals surface area (Å²) in [6.07, 6.45) is 6.28. The summed E-state index contributed by atoms with van der Waals surface area (Å²) in [5.41, 5.74) is 3.15. The van der Waals surface area contributed by atoms with E-state index in [2.05, 4.69) is 9.88 Å². The molecule has 2 fully saturated rings. The summed E-state index contributed by atoms with van der Waals surface area (Å²) < 4.78 is 12.9. The average Bonchev–Trinajstić information content (AvgIpc) is 3.46. The molecule has 2 aliphatic heterocycles. The number of nitrogens with zero attached hydrogens (tertiary/aromatic N) is 2. The molecule has 3 aliphatic rings. The first-order valence-corrected chi connectivity index (χ1v) is 10.4. The van der Waals surface area contributed by atoms with Gasteiger partial charge in [-0.1, -0.05) is 12.8 Å². The molecule has 0 unspecified atom stereocenters. The number of benzene rings is 1. The van der Waals surface area contributed by atoms with E-state index in [9.17, 15) is 14.4 Å². The van der Waals surface area contributed by atoms with Gasteiger partial charge in [0.1, 0.15) is 5.57 Å². The molecule has 1 aromatic carbocycles. The van der Waals surface area contributed by atoms with Crippen LogP contribution in [0.3, 0.4) is 0 Å². The fraction of sp³-hybridized carbons (Fsp3) is 0.348. The summed E-state index contributed by atoms with van der Waals surface area (Å²) in [6, 6.07) is 6.43. The number of anilines is 1.